The van der Waals surface area contributed by atoms with Gasteiger partial charge in [0.25, 0.3) is 0 Å². The molecular weight excluding hydrogens is 316 g/mol. The Morgan fingerprint density at radius 3 is 2.60 bits per heavy atom. The van der Waals surface area contributed by atoms with Gasteiger partial charge in [-0.05, 0) is 52.5 Å². The molecule has 25 heavy (non-hydrogen) atoms. The third kappa shape index (κ3) is 4.17. The molecule has 1 aliphatic carbocycles. The zero-order chi connectivity index (χ0) is 18.0. The van der Waals surface area contributed by atoms with Crippen LogP contribution in [-0.2, 0) is 9.59 Å². The lowest BCUT2D eigenvalue weighted by molar-refractivity contribution is -0.131. The van der Waals surface area contributed by atoms with Crippen molar-refractivity contribution in [3.05, 3.63) is 0 Å². The molecule has 1 saturated carbocycles. The van der Waals surface area contributed by atoms with Crippen LogP contribution in [0.2, 0.25) is 0 Å². The first kappa shape index (κ1) is 18.6. The van der Waals surface area contributed by atoms with Gasteiger partial charge in [0.2, 0.25) is 11.8 Å². The maximum Gasteiger partial charge on any atom is 0.239 e. The molecule has 0 bridgehead atoms. The molecule has 2 heterocycles. The first-order chi connectivity index (χ1) is 12.0. The Bertz CT molecular complexity index is 490. The van der Waals surface area contributed by atoms with E-state index in [1.54, 1.807) is 0 Å². The van der Waals surface area contributed by atoms with Crippen molar-refractivity contribution in [3.63, 3.8) is 0 Å². The zero-order valence-corrected chi connectivity index (χ0v) is 16.0. The summed E-state index contributed by atoms with van der Waals surface area (Å²) in [6.07, 6.45) is 5.08. The van der Waals surface area contributed by atoms with E-state index in [1.807, 2.05) is 18.7 Å². The Morgan fingerprint density at radius 2 is 1.96 bits per heavy atom. The molecule has 1 N–H and O–H groups in total. The summed E-state index contributed by atoms with van der Waals surface area (Å²) < 4.78 is 0. The van der Waals surface area contributed by atoms with E-state index in [4.69, 9.17) is 0 Å². The van der Waals surface area contributed by atoms with Gasteiger partial charge in [-0.1, -0.05) is 0 Å². The lowest BCUT2D eigenvalue weighted by Gasteiger charge is -2.33. The molecule has 0 aromatic rings. The third-order valence-electron chi connectivity index (χ3n) is 6.35. The molecule has 0 spiro atoms. The van der Waals surface area contributed by atoms with Crippen molar-refractivity contribution < 1.29 is 9.59 Å². The van der Waals surface area contributed by atoms with Crippen molar-refractivity contribution in [1.82, 2.24) is 20.0 Å². The molecule has 3 fully saturated rings. The summed E-state index contributed by atoms with van der Waals surface area (Å²) in [5, 5.41) is 3.15. The molecule has 3 aliphatic rings. The number of amides is 2. The van der Waals surface area contributed by atoms with Crippen LogP contribution in [0.15, 0.2) is 0 Å². The SMILES string of the molecule is CCN(CC)C(=O)CCC1CNC(=O)C2C(CCN2CC2CC2)N1C. The monoisotopic (exact) mass is 350 g/mol. The van der Waals surface area contributed by atoms with Crippen LogP contribution >= 0.6 is 0 Å². The molecule has 0 radical (unpaired) electrons. The Morgan fingerprint density at radius 1 is 1.24 bits per heavy atom. The Kier molecular flexibility index (Phi) is 6.00. The average molecular weight is 351 g/mol. The van der Waals surface area contributed by atoms with Gasteiger partial charge in [0, 0.05) is 51.2 Å². The molecule has 3 unspecified atom stereocenters. The second-order valence-corrected chi connectivity index (χ2v) is 7.91. The first-order valence-corrected chi connectivity index (χ1v) is 10.1. The van der Waals surface area contributed by atoms with Gasteiger partial charge in [0.05, 0.1) is 0 Å². The average Bonchev–Trinajstić information content (AvgIpc) is 3.33. The van der Waals surface area contributed by atoms with Gasteiger partial charge in [0.15, 0.2) is 0 Å². The van der Waals surface area contributed by atoms with Crippen LogP contribution in [0.4, 0.5) is 0 Å². The number of carbonyl (C=O) groups is 2. The summed E-state index contributed by atoms with van der Waals surface area (Å²) in [5.74, 6) is 1.22. The summed E-state index contributed by atoms with van der Waals surface area (Å²) >= 11 is 0. The number of rotatable bonds is 7. The fourth-order valence-electron chi connectivity index (χ4n) is 4.51. The van der Waals surface area contributed by atoms with Gasteiger partial charge < -0.3 is 10.2 Å². The second-order valence-electron chi connectivity index (χ2n) is 7.91. The summed E-state index contributed by atoms with van der Waals surface area (Å²) in [5.41, 5.74) is 0. The minimum Gasteiger partial charge on any atom is -0.353 e. The van der Waals surface area contributed by atoms with Crippen LogP contribution in [0.3, 0.4) is 0 Å². The molecule has 3 rings (SSSR count). The highest BCUT2D eigenvalue weighted by molar-refractivity contribution is 5.83. The number of nitrogens with one attached hydrogen (secondary N) is 1. The van der Waals surface area contributed by atoms with Crippen LogP contribution in [0, 0.1) is 5.92 Å². The van der Waals surface area contributed by atoms with Crippen molar-refractivity contribution in [2.75, 3.05) is 39.8 Å². The number of fused-ring (bicyclic) bond motifs is 1. The predicted molar refractivity (Wildman–Crippen MR) is 98.2 cm³/mol. The van der Waals surface area contributed by atoms with E-state index in [-0.39, 0.29) is 29.9 Å². The van der Waals surface area contributed by atoms with E-state index in [0.29, 0.717) is 13.0 Å². The van der Waals surface area contributed by atoms with E-state index in [1.165, 1.54) is 12.8 Å². The molecular formula is C19H34N4O2. The van der Waals surface area contributed by atoms with E-state index in [2.05, 4.69) is 22.2 Å². The van der Waals surface area contributed by atoms with E-state index < -0.39 is 0 Å². The van der Waals surface area contributed by atoms with E-state index in [0.717, 1.165) is 44.9 Å². The molecule has 0 aromatic heterocycles. The van der Waals surface area contributed by atoms with E-state index >= 15 is 0 Å². The highest BCUT2D eigenvalue weighted by Gasteiger charge is 2.46. The molecule has 142 valence electrons. The van der Waals surface area contributed by atoms with Crippen LogP contribution in [0.1, 0.15) is 46.0 Å². The normalized spacial score (nSPS) is 30.7. The Hall–Kier alpha value is -1.14. The lowest BCUT2D eigenvalue weighted by atomic mass is 10.0. The predicted octanol–water partition coefficient (Wildman–Crippen LogP) is 0.918. The lowest BCUT2D eigenvalue weighted by Crippen LogP contribution is -2.50. The number of likely N-dealkylation sites (N-methyl/N-ethyl adjacent to an activating group) is 1. The first-order valence-electron chi connectivity index (χ1n) is 10.1. The number of nitrogens with zero attached hydrogens (tertiary/aromatic N) is 3. The van der Waals surface area contributed by atoms with Crippen molar-refractivity contribution in [2.24, 2.45) is 5.92 Å². The van der Waals surface area contributed by atoms with Gasteiger partial charge in [-0.25, -0.2) is 0 Å². The van der Waals surface area contributed by atoms with Crippen LogP contribution in [0.5, 0.6) is 0 Å². The molecule has 3 atom stereocenters. The molecule has 6 nitrogen and oxygen atoms in total. The number of carbonyl (C=O) groups excluding carboxylic acids is 2. The van der Waals surface area contributed by atoms with Crippen LogP contribution < -0.4 is 5.32 Å². The fourth-order valence-corrected chi connectivity index (χ4v) is 4.51. The van der Waals surface area contributed by atoms with Crippen LogP contribution in [-0.4, -0.2) is 84.4 Å². The highest BCUT2D eigenvalue weighted by Crippen LogP contribution is 2.34. The summed E-state index contributed by atoms with van der Waals surface area (Å²) in [6, 6.07) is 0.531. The van der Waals surface area contributed by atoms with Crippen molar-refractivity contribution >= 4 is 11.8 Å². The van der Waals surface area contributed by atoms with Gasteiger partial charge >= 0.3 is 0 Å². The summed E-state index contributed by atoms with van der Waals surface area (Å²) in [6.45, 7) is 8.35. The fraction of sp³-hybridized carbons (Fsp3) is 0.895. The molecule has 2 saturated heterocycles. The molecule has 0 aromatic carbocycles. The quantitative estimate of drug-likeness (QED) is 0.742. The zero-order valence-electron chi connectivity index (χ0n) is 16.0. The summed E-state index contributed by atoms with van der Waals surface area (Å²) in [4.78, 5) is 31.7. The van der Waals surface area contributed by atoms with Crippen LogP contribution in [0.25, 0.3) is 0 Å². The smallest absolute Gasteiger partial charge is 0.239 e. The number of likely N-dealkylation sites (tertiary alicyclic amines) is 1. The van der Waals surface area contributed by atoms with E-state index in [9.17, 15) is 9.59 Å². The van der Waals surface area contributed by atoms with Crippen molar-refractivity contribution in [1.29, 1.82) is 0 Å². The minimum atomic E-state index is -0.00548. The van der Waals surface area contributed by atoms with Crippen molar-refractivity contribution in [3.8, 4) is 0 Å². The number of hydrogen-bond donors (Lipinski definition) is 1. The minimum absolute atomic E-state index is 0.00548. The molecule has 6 heteroatoms. The van der Waals surface area contributed by atoms with Gasteiger partial charge in [-0.2, -0.15) is 0 Å². The van der Waals surface area contributed by atoms with Gasteiger partial charge in [-0.15, -0.1) is 0 Å². The Labute approximate surface area is 151 Å². The Balaban J connectivity index is 1.60. The number of hydrogen-bond acceptors (Lipinski definition) is 4. The topological polar surface area (TPSA) is 55.9 Å². The second kappa shape index (κ2) is 8.04. The highest BCUT2D eigenvalue weighted by atomic mass is 16.2. The maximum absolute atomic E-state index is 12.7. The largest absolute Gasteiger partial charge is 0.353 e. The molecule has 2 amide bonds. The van der Waals surface area contributed by atoms with Crippen molar-refractivity contribution in [2.45, 2.75) is 64.1 Å². The molecule has 2 aliphatic heterocycles. The summed E-state index contributed by atoms with van der Waals surface area (Å²) in [7, 11) is 2.14. The third-order valence-corrected chi connectivity index (χ3v) is 6.35. The van der Waals surface area contributed by atoms with Gasteiger partial charge in [-0.3, -0.25) is 19.4 Å². The standard InChI is InChI=1S/C19H34N4O2/c1-4-22(5-2)17(24)9-8-15-12-20-19(25)18-16(21(15)3)10-11-23(18)13-14-6-7-14/h14-16,18H,4-13H2,1-3H3,(H,20,25). The van der Waals surface area contributed by atoms with Gasteiger partial charge in [0.1, 0.15) is 6.04 Å². The maximum atomic E-state index is 12.7.